The van der Waals surface area contributed by atoms with Gasteiger partial charge in [0.15, 0.2) is 17.3 Å². The van der Waals surface area contributed by atoms with Crippen molar-refractivity contribution in [2.75, 3.05) is 6.61 Å². The minimum absolute atomic E-state index is 0.284. The number of hydrogen-bond acceptors (Lipinski definition) is 8. The highest BCUT2D eigenvalue weighted by Crippen LogP contribution is 2.21. The summed E-state index contributed by atoms with van der Waals surface area (Å²) in [6.45, 7) is 7.01. The molecule has 0 aliphatic carbocycles. The number of carbonyl (C=O) groups excluding carboxylic acids is 2. The van der Waals surface area contributed by atoms with Crippen molar-refractivity contribution in [1.82, 2.24) is 19.3 Å². The molecule has 3 rings (SSSR count). The summed E-state index contributed by atoms with van der Waals surface area (Å²) in [5.41, 5.74) is 2.61. The number of nitrogens with zero attached hydrogens (tertiary/aromatic N) is 4. The monoisotopic (exact) mass is 374 g/mol. The summed E-state index contributed by atoms with van der Waals surface area (Å²) < 4.78 is 15.8. The number of aryl methyl sites for hydroxylation is 3. The van der Waals surface area contributed by atoms with Gasteiger partial charge in [-0.15, -0.1) is 5.10 Å². The van der Waals surface area contributed by atoms with Crippen LogP contribution in [0.3, 0.4) is 0 Å². The Kier molecular flexibility index (Phi) is 4.99. The maximum absolute atomic E-state index is 12.5. The molecular weight excluding hydrogens is 356 g/mol. The average molecular weight is 374 g/mol. The summed E-state index contributed by atoms with van der Waals surface area (Å²) in [6, 6.07) is 3.54. The molecule has 0 unspecified atom stereocenters. The molecule has 0 N–H and O–H groups in total. The van der Waals surface area contributed by atoms with Crippen LogP contribution in [-0.2, 0) is 11.2 Å². The Morgan fingerprint density at radius 1 is 1.27 bits per heavy atom. The molecule has 26 heavy (non-hydrogen) atoms. The van der Waals surface area contributed by atoms with Crippen molar-refractivity contribution >= 4 is 23.3 Å². The lowest BCUT2D eigenvalue weighted by atomic mass is 10.1. The Morgan fingerprint density at radius 2 is 2.04 bits per heavy atom. The van der Waals surface area contributed by atoms with Crippen molar-refractivity contribution in [2.45, 2.75) is 34.1 Å². The summed E-state index contributed by atoms with van der Waals surface area (Å²) in [6.07, 6.45) is 0.577. The highest BCUT2D eigenvalue weighted by atomic mass is 32.1. The van der Waals surface area contributed by atoms with Gasteiger partial charge in [0.05, 0.1) is 5.69 Å². The van der Waals surface area contributed by atoms with Crippen molar-refractivity contribution in [3.05, 3.63) is 45.4 Å². The number of ketones is 1. The van der Waals surface area contributed by atoms with Crippen molar-refractivity contribution in [2.24, 2.45) is 0 Å². The quantitative estimate of drug-likeness (QED) is 0.483. The summed E-state index contributed by atoms with van der Waals surface area (Å²) >= 11 is 0.969. The van der Waals surface area contributed by atoms with Gasteiger partial charge in [0, 0.05) is 23.0 Å². The summed E-state index contributed by atoms with van der Waals surface area (Å²) in [5, 5.41) is 7.86. The smallest absolute Gasteiger partial charge is 0.352 e. The summed E-state index contributed by atoms with van der Waals surface area (Å²) in [5.74, 6) is 0.427. The minimum atomic E-state index is -0.578. The maximum atomic E-state index is 12.5. The van der Waals surface area contributed by atoms with Gasteiger partial charge in [0.2, 0.25) is 5.78 Å². The number of Topliss-reactive ketones (excluding diaryl/α,β-unsaturated/α-hetero) is 1. The third kappa shape index (κ3) is 3.30. The highest BCUT2D eigenvalue weighted by molar-refractivity contribution is 7.07. The van der Waals surface area contributed by atoms with Crippen molar-refractivity contribution in [3.8, 4) is 5.82 Å². The van der Waals surface area contributed by atoms with Gasteiger partial charge >= 0.3 is 5.97 Å². The zero-order chi connectivity index (χ0) is 18.8. The number of ether oxygens (including phenoxy) is 1. The van der Waals surface area contributed by atoms with E-state index in [2.05, 4.69) is 14.7 Å². The standard InChI is InChI=1S/C17H18N4O4S/c1-5-13-16(26-20-18-13)17(23)24-8-14(22)12-6-9(2)21(11(12)4)15-7-10(3)25-19-15/h6-7H,5,8H2,1-4H3. The summed E-state index contributed by atoms with van der Waals surface area (Å²) in [7, 11) is 0. The van der Waals surface area contributed by atoms with Crippen LogP contribution in [0.2, 0.25) is 0 Å². The van der Waals surface area contributed by atoms with Crippen LogP contribution in [0.4, 0.5) is 0 Å². The van der Waals surface area contributed by atoms with E-state index in [0.29, 0.717) is 39.8 Å². The number of aromatic nitrogens is 4. The fourth-order valence-electron chi connectivity index (χ4n) is 2.73. The number of hydrogen-bond donors (Lipinski definition) is 0. The molecule has 0 radical (unpaired) electrons. The zero-order valence-corrected chi connectivity index (χ0v) is 15.7. The first-order valence-electron chi connectivity index (χ1n) is 8.06. The molecule has 0 saturated carbocycles. The fraction of sp³-hybridized carbons (Fsp3) is 0.353. The lowest BCUT2D eigenvalue weighted by Gasteiger charge is -2.06. The van der Waals surface area contributed by atoms with Gasteiger partial charge in [-0.05, 0) is 44.8 Å². The number of esters is 1. The first-order chi connectivity index (χ1) is 12.4. The second-order valence-electron chi connectivity index (χ2n) is 5.82. The summed E-state index contributed by atoms with van der Waals surface area (Å²) in [4.78, 5) is 25.0. The molecule has 0 aliphatic heterocycles. The second-order valence-corrected chi connectivity index (χ2v) is 6.57. The van der Waals surface area contributed by atoms with Gasteiger partial charge in [-0.3, -0.25) is 9.36 Å². The van der Waals surface area contributed by atoms with Crippen LogP contribution in [-0.4, -0.2) is 37.7 Å². The van der Waals surface area contributed by atoms with Crippen LogP contribution in [0.25, 0.3) is 5.82 Å². The van der Waals surface area contributed by atoms with Crippen molar-refractivity contribution in [3.63, 3.8) is 0 Å². The Bertz CT molecular complexity index is 969. The first-order valence-corrected chi connectivity index (χ1v) is 8.83. The van der Waals surface area contributed by atoms with Crippen LogP contribution in [0, 0.1) is 20.8 Å². The Morgan fingerprint density at radius 3 is 2.69 bits per heavy atom. The van der Waals surface area contributed by atoms with Gasteiger partial charge in [-0.2, -0.15) is 0 Å². The molecule has 3 aromatic heterocycles. The third-order valence-corrected chi connectivity index (χ3v) is 4.73. The molecule has 3 heterocycles. The Balaban J connectivity index is 1.76. The normalized spacial score (nSPS) is 10.9. The van der Waals surface area contributed by atoms with Crippen molar-refractivity contribution in [1.29, 1.82) is 0 Å². The highest BCUT2D eigenvalue weighted by Gasteiger charge is 2.21. The molecule has 0 amide bonds. The SMILES string of the molecule is CCc1nnsc1C(=O)OCC(=O)c1cc(C)n(-c2cc(C)on2)c1C. The number of carbonyl (C=O) groups is 2. The second kappa shape index (κ2) is 7.20. The van der Waals surface area contributed by atoms with Gasteiger partial charge in [-0.1, -0.05) is 16.6 Å². The molecule has 136 valence electrons. The fourth-order valence-corrected chi connectivity index (χ4v) is 3.37. The molecule has 0 atom stereocenters. The van der Waals surface area contributed by atoms with Gasteiger partial charge in [0.1, 0.15) is 5.76 Å². The molecule has 0 bridgehead atoms. The van der Waals surface area contributed by atoms with E-state index in [4.69, 9.17) is 9.26 Å². The molecule has 0 aliphatic rings. The van der Waals surface area contributed by atoms with Crippen molar-refractivity contribution < 1.29 is 18.8 Å². The maximum Gasteiger partial charge on any atom is 0.352 e. The topological polar surface area (TPSA) is 100 Å². The lowest BCUT2D eigenvalue weighted by molar-refractivity contribution is 0.0478. The third-order valence-electron chi connectivity index (χ3n) is 3.99. The average Bonchev–Trinajstić information content (AvgIpc) is 3.31. The molecular formula is C17H18N4O4S. The van der Waals surface area contributed by atoms with E-state index in [1.165, 1.54) is 0 Å². The van der Waals surface area contributed by atoms with E-state index in [1.54, 1.807) is 19.1 Å². The van der Waals surface area contributed by atoms with Crippen LogP contribution >= 0.6 is 11.5 Å². The minimum Gasteiger partial charge on any atom is -0.453 e. The predicted molar refractivity (Wildman–Crippen MR) is 93.9 cm³/mol. The molecule has 0 aromatic carbocycles. The molecule has 8 nitrogen and oxygen atoms in total. The molecule has 3 aromatic rings. The van der Waals surface area contributed by atoms with Crippen LogP contribution in [0.5, 0.6) is 0 Å². The predicted octanol–water partition coefficient (Wildman–Crippen LogP) is 2.84. The van der Waals surface area contributed by atoms with Gasteiger partial charge in [-0.25, -0.2) is 4.79 Å². The van der Waals surface area contributed by atoms with Gasteiger partial charge in [0.25, 0.3) is 0 Å². The van der Waals surface area contributed by atoms with E-state index in [1.807, 2.05) is 25.3 Å². The molecule has 0 fully saturated rings. The molecule has 9 heteroatoms. The van der Waals surface area contributed by atoms with Crippen LogP contribution in [0.15, 0.2) is 16.7 Å². The molecule has 0 saturated heterocycles. The van der Waals surface area contributed by atoms with E-state index in [9.17, 15) is 9.59 Å². The van der Waals surface area contributed by atoms with E-state index >= 15 is 0 Å². The lowest BCUT2D eigenvalue weighted by Crippen LogP contribution is -2.15. The Labute approximate surface area is 153 Å². The van der Waals surface area contributed by atoms with E-state index in [-0.39, 0.29) is 12.4 Å². The van der Waals surface area contributed by atoms with Crippen LogP contribution in [0.1, 0.15) is 49.8 Å². The zero-order valence-electron chi connectivity index (χ0n) is 14.9. The molecule has 0 spiro atoms. The van der Waals surface area contributed by atoms with Crippen LogP contribution < -0.4 is 0 Å². The van der Waals surface area contributed by atoms with E-state index < -0.39 is 5.97 Å². The first kappa shape index (κ1) is 18.0. The Hall–Kier alpha value is -2.81. The largest absolute Gasteiger partial charge is 0.453 e. The number of rotatable bonds is 6. The van der Waals surface area contributed by atoms with Gasteiger partial charge < -0.3 is 9.26 Å². The van der Waals surface area contributed by atoms with E-state index in [0.717, 1.165) is 17.2 Å².